The maximum absolute atomic E-state index is 15.4. The molecule has 0 spiro atoms. The van der Waals surface area contributed by atoms with Gasteiger partial charge < -0.3 is 15.0 Å². The molecule has 1 saturated heterocycles. The first kappa shape index (κ1) is 31.3. The number of nitrogens with one attached hydrogen (secondary N) is 1. The summed E-state index contributed by atoms with van der Waals surface area (Å²) < 4.78 is 37.9. The van der Waals surface area contributed by atoms with Gasteiger partial charge in [-0.15, -0.1) is 0 Å². The average Bonchev–Trinajstić information content (AvgIpc) is 3.47. The second-order valence-corrected chi connectivity index (χ2v) is 12.3. The Morgan fingerprint density at radius 1 is 0.792 bits per heavy atom. The van der Waals surface area contributed by atoms with E-state index in [0.717, 1.165) is 42.6 Å². The lowest BCUT2D eigenvalue weighted by molar-refractivity contribution is -0.121. The summed E-state index contributed by atoms with van der Waals surface area (Å²) in [5.74, 6) is -1.37. The molecule has 7 rings (SSSR count). The number of fused-ring (bicyclic) bond motifs is 1. The normalized spacial score (nSPS) is 14.2. The molecule has 0 bridgehead atoms. The van der Waals surface area contributed by atoms with Gasteiger partial charge in [-0.2, -0.15) is 5.10 Å². The predicted octanol–water partition coefficient (Wildman–Crippen LogP) is 8.11. The molecule has 5 aromatic carbocycles. The number of anilines is 1. The monoisotopic (exact) mass is 642 g/mol. The molecule has 0 aliphatic carbocycles. The fourth-order valence-electron chi connectivity index (χ4n) is 6.96. The van der Waals surface area contributed by atoms with E-state index in [4.69, 9.17) is 9.84 Å². The number of nitrogens with zero attached hydrogens (tertiary/aromatic N) is 3. The zero-order chi connectivity index (χ0) is 33.3. The summed E-state index contributed by atoms with van der Waals surface area (Å²) in [5.41, 5.74) is 2.71. The van der Waals surface area contributed by atoms with Gasteiger partial charge in [0.2, 0.25) is 5.91 Å². The molecule has 1 amide bonds. The second kappa shape index (κ2) is 13.0. The predicted molar refractivity (Wildman–Crippen MR) is 185 cm³/mol. The van der Waals surface area contributed by atoms with Crippen LogP contribution in [-0.4, -0.2) is 47.8 Å². The van der Waals surface area contributed by atoms with E-state index in [1.165, 1.54) is 19.2 Å². The number of carbonyl (C=O) groups excluding carboxylic acids is 1. The van der Waals surface area contributed by atoms with Gasteiger partial charge in [-0.3, -0.25) is 4.79 Å². The zero-order valence-corrected chi connectivity index (χ0v) is 26.9. The lowest BCUT2D eigenvalue weighted by Gasteiger charge is -2.37. The highest BCUT2D eigenvalue weighted by Crippen LogP contribution is 2.44. The van der Waals surface area contributed by atoms with Crippen LogP contribution in [0.2, 0.25) is 0 Å². The number of likely N-dealkylation sites (tertiary alicyclic amines) is 1. The smallest absolute Gasteiger partial charge is 0.228 e. The van der Waals surface area contributed by atoms with E-state index in [9.17, 15) is 4.79 Å². The quantitative estimate of drug-likeness (QED) is 0.171. The van der Waals surface area contributed by atoms with Crippen molar-refractivity contribution in [2.75, 3.05) is 32.6 Å². The Morgan fingerprint density at radius 3 is 1.81 bits per heavy atom. The molecule has 0 unspecified atom stereocenters. The maximum Gasteiger partial charge on any atom is 0.228 e. The highest BCUT2D eigenvalue weighted by molar-refractivity contribution is 6.02. The van der Waals surface area contributed by atoms with Crippen LogP contribution in [0.1, 0.15) is 29.5 Å². The summed E-state index contributed by atoms with van der Waals surface area (Å²) in [6.07, 6.45) is 1.47. The fraction of sp³-hybridized carbons (Fsp3) is 0.200. The van der Waals surface area contributed by atoms with Crippen LogP contribution in [0, 0.1) is 17.6 Å². The van der Waals surface area contributed by atoms with Crippen molar-refractivity contribution in [2.45, 2.75) is 18.4 Å². The average molecular weight is 643 g/mol. The minimum Gasteiger partial charge on any atom is -0.497 e. The molecule has 1 fully saturated rings. The Bertz CT molecular complexity index is 1940. The Morgan fingerprint density at radius 2 is 1.31 bits per heavy atom. The molecule has 6 nitrogen and oxygen atoms in total. The molecule has 8 heteroatoms. The number of ether oxygens (including phenoxy) is 1. The first-order valence-electron chi connectivity index (χ1n) is 16.1. The van der Waals surface area contributed by atoms with Crippen LogP contribution in [0.3, 0.4) is 0 Å². The number of rotatable bonds is 8. The van der Waals surface area contributed by atoms with Crippen molar-refractivity contribution in [3.63, 3.8) is 0 Å². The van der Waals surface area contributed by atoms with Gasteiger partial charge in [0.05, 0.1) is 18.2 Å². The van der Waals surface area contributed by atoms with E-state index in [2.05, 4.69) is 53.7 Å². The number of hydrogen-bond donors (Lipinski definition) is 1. The lowest BCUT2D eigenvalue weighted by Crippen LogP contribution is -2.39. The number of aromatic nitrogens is 2. The van der Waals surface area contributed by atoms with E-state index in [0.29, 0.717) is 22.3 Å². The van der Waals surface area contributed by atoms with E-state index in [1.807, 2.05) is 65.3 Å². The number of halogens is 2. The molecule has 1 aliphatic rings. The largest absolute Gasteiger partial charge is 0.497 e. The van der Waals surface area contributed by atoms with E-state index >= 15 is 8.78 Å². The molecular formula is C40H36F2N4O2. The minimum atomic E-state index is -0.976. The SMILES string of the molecule is COc1cc(F)c(-c2ccc3c(c2)c(NC(=O)C2CCN(C)CC2)nn3C(c2ccccc2)(c2ccccc2)c2ccccc2)c(F)c1. The zero-order valence-electron chi connectivity index (χ0n) is 26.9. The van der Waals surface area contributed by atoms with Gasteiger partial charge in [-0.25, -0.2) is 13.5 Å². The van der Waals surface area contributed by atoms with E-state index in [1.54, 1.807) is 12.1 Å². The molecule has 2 heterocycles. The standard InChI is InChI=1S/C40H36F2N4O2/c1-45-22-20-27(21-23-45)39(47)43-38-33-24-28(37-34(41)25-32(48-2)26-35(37)42)18-19-36(33)46(44-38)40(29-12-6-3-7-13-29,30-14-8-4-9-15-30)31-16-10-5-11-17-31/h3-19,24-27H,20-23H2,1-2H3,(H,43,44,47). The topological polar surface area (TPSA) is 59.4 Å². The van der Waals surface area contributed by atoms with Gasteiger partial charge in [-0.1, -0.05) is 97.1 Å². The number of hydrogen-bond acceptors (Lipinski definition) is 4. The Kier molecular flexibility index (Phi) is 8.50. The van der Waals surface area contributed by atoms with Crippen molar-refractivity contribution in [3.8, 4) is 16.9 Å². The Hall–Kier alpha value is -5.34. The summed E-state index contributed by atoms with van der Waals surface area (Å²) in [6, 6.07) is 37.9. The molecule has 0 atom stereocenters. The Labute approximate surface area is 278 Å². The van der Waals surface area contributed by atoms with Crippen molar-refractivity contribution in [2.24, 2.45) is 5.92 Å². The van der Waals surface area contributed by atoms with Gasteiger partial charge in [0, 0.05) is 23.4 Å². The van der Waals surface area contributed by atoms with Crippen LogP contribution >= 0.6 is 0 Å². The Balaban J connectivity index is 1.51. The number of piperidine rings is 1. The van der Waals surface area contributed by atoms with Gasteiger partial charge in [0.15, 0.2) is 5.82 Å². The number of carbonyl (C=O) groups is 1. The van der Waals surface area contributed by atoms with E-state index < -0.39 is 17.2 Å². The molecule has 242 valence electrons. The molecular weight excluding hydrogens is 606 g/mol. The molecule has 1 N–H and O–H groups in total. The third-order valence-electron chi connectivity index (χ3n) is 9.44. The number of amides is 1. The van der Waals surface area contributed by atoms with Gasteiger partial charge >= 0.3 is 0 Å². The summed E-state index contributed by atoms with van der Waals surface area (Å²) in [4.78, 5) is 16.0. The van der Waals surface area contributed by atoms with Crippen molar-refractivity contribution < 1.29 is 18.3 Å². The molecule has 6 aromatic rings. The van der Waals surface area contributed by atoms with Crippen LogP contribution in [0.5, 0.6) is 5.75 Å². The first-order valence-corrected chi connectivity index (χ1v) is 16.1. The summed E-state index contributed by atoms with van der Waals surface area (Å²) >= 11 is 0. The van der Waals surface area contributed by atoms with Crippen LogP contribution in [0.4, 0.5) is 14.6 Å². The molecule has 1 aliphatic heterocycles. The first-order chi connectivity index (χ1) is 23.4. The lowest BCUT2D eigenvalue weighted by atomic mass is 9.77. The summed E-state index contributed by atoms with van der Waals surface area (Å²) in [5, 5.41) is 8.93. The van der Waals surface area contributed by atoms with Crippen molar-refractivity contribution in [3.05, 3.63) is 150 Å². The van der Waals surface area contributed by atoms with Crippen LogP contribution < -0.4 is 10.1 Å². The molecule has 48 heavy (non-hydrogen) atoms. The van der Waals surface area contributed by atoms with Crippen LogP contribution in [0.15, 0.2) is 121 Å². The highest BCUT2D eigenvalue weighted by atomic mass is 19.1. The summed E-state index contributed by atoms with van der Waals surface area (Å²) in [7, 11) is 3.42. The number of benzene rings is 5. The van der Waals surface area contributed by atoms with Gasteiger partial charge in [-0.05, 0) is 67.4 Å². The fourth-order valence-corrected chi connectivity index (χ4v) is 6.96. The van der Waals surface area contributed by atoms with Crippen LogP contribution in [0.25, 0.3) is 22.0 Å². The van der Waals surface area contributed by atoms with Gasteiger partial charge in [0.25, 0.3) is 0 Å². The van der Waals surface area contributed by atoms with Crippen molar-refractivity contribution in [1.29, 1.82) is 0 Å². The molecule has 0 saturated carbocycles. The van der Waals surface area contributed by atoms with Crippen LogP contribution in [-0.2, 0) is 10.3 Å². The van der Waals surface area contributed by atoms with Crippen molar-refractivity contribution in [1.82, 2.24) is 14.7 Å². The molecule has 0 radical (unpaired) electrons. The van der Waals surface area contributed by atoms with E-state index in [-0.39, 0.29) is 23.1 Å². The maximum atomic E-state index is 15.4. The third kappa shape index (κ3) is 5.52. The van der Waals surface area contributed by atoms with Crippen molar-refractivity contribution >= 4 is 22.6 Å². The second-order valence-electron chi connectivity index (χ2n) is 12.3. The number of methoxy groups -OCH3 is 1. The summed E-state index contributed by atoms with van der Waals surface area (Å²) in [6.45, 7) is 1.65. The third-order valence-corrected chi connectivity index (χ3v) is 9.44. The molecule has 1 aromatic heterocycles. The minimum absolute atomic E-state index is 0.0899. The highest BCUT2D eigenvalue weighted by Gasteiger charge is 2.41. The van der Waals surface area contributed by atoms with Gasteiger partial charge in [0.1, 0.15) is 22.9 Å².